The van der Waals surface area contributed by atoms with Crippen LogP contribution in [0.3, 0.4) is 0 Å². The number of primary amides is 1. The standard InChI is InChI=1S/C12H14N2OS2/c1-8(11-3-2-4-16-11)14-6-10-5-9(7-17-10)12(13)15/h2-5,7-8,14H,6H2,1H3,(H2,13,15)/t8-/m0/s1. The van der Waals surface area contributed by atoms with E-state index in [0.29, 0.717) is 11.6 Å². The van der Waals surface area contributed by atoms with E-state index in [1.165, 1.54) is 4.88 Å². The van der Waals surface area contributed by atoms with Gasteiger partial charge >= 0.3 is 0 Å². The molecule has 0 aromatic carbocycles. The molecule has 3 nitrogen and oxygen atoms in total. The van der Waals surface area contributed by atoms with Crippen LogP contribution >= 0.6 is 22.7 Å². The Hall–Kier alpha value is -1.17. The lowest BCUT2D eigenvalue weighted by Crippen LogP contribution is -2.16. The van der Waals surface area contributed by atoms with Crippen LogP contribution < -0.4 is 11.1 Å². The van der Waals surface area contributed by atoms with Crippen molar-refractivity contribution in [3.8, 4) is 0 Å². The molecule has 0 aliphatic rings. The van der Waals surface area contributed by atoms with Gasteiger partial charge in [0.25, 0.3) is 0 Å². The second kappa shape index (κ2) is 5.44. The van der Waals surface area contributed by atoms with Gasteiger partial charge in [-0.1, -0.05) is 6.07 Å². The topological polar surface area (TPSA) is 55.1 Å². The van der Waals surface area contributed by atoms with Crippen LogP contribution in [0.15, 0.2) is 29.0 Å². The average molecular weight is 266 g/mol. The van der Waals surface area contributed by atoms with Crippen molar-refractivity contribution in [2.45, 2.75) is 19.5 Å². The van der Waals surface area contributed by atoms with Crippen molar-refractivity contribution in [3.63, 3.8) is 0 Å². The number of hydrogen-bond acceptors (Lipinski definition) is 4. The molecule has 0 spiro atoms. The molecule has 0 radical (unpaired) electrons. The molecule has 0 unspecified atom stereocenters. The minimum absolute atomic E-state index is 0.328. The summed E-state index contributed by atoms with van der Waals surface area (Å²) in [6, 6.07) is 6.34. The molecular formula is C12H14N2OS2. The summed E-state index contributed by atoms with van der Waals surface area (Å²) in [4.78, 5) is 13.4. The minimum atomic E-state index is -0.362. The van der Waals surface area contributed by atoms with E-state index >= 15 is 0 Å². The highest BCUT2D eigenvalue weighted by atomic mass is 32.1. The van der Waals surface area contributed by atoms with Crippen molar-refractivity contribution in [2.24, 2.45) is 5.73 Å². The smallest absolute Gasteiger partial charge is 0.249 e. The van der Waals surface area contributed by atoms with Gasteiger partial charge in [0.2, 0.25) is 5.91 Å². The molecular weight excluding hydrogens is 252 g/mol. The Morgan fingerprint density at radius 2 is 2.35 bits per heavy atom. The maximum Gasteiger partial charge on any atom is 0.249 e. The number of thiophene rings is 2. The van der Waals surface area contributed by atoms with Crippen molar-refractivity contribution in [1.29, 1.82) is 0 Å². The van der Waals surface area contributed by atoms with Gasteiger partial charge in [-0.3, -0.25) is 4.79 Å². The number of rotatable bonds is 5. The molecule has 0 aliphatic carbocycles. The quantitative estimate of drug-likeness (QED) is 0.874. The van der Waals surface area contributed by atoms with E-state index in [-0.39, 0.29) is 5.91 Å². The number of hydrogen-bond donors (Lipinski definition) is 2. The van der Waals surface area contributed by atoms with Gasteiger partial charge in [-0.15, -0.1) is 22.7 Å². The van der Waals surface area contributed by atoms with Crippen molar-refractivity contribution in [1.82, 2.24) is 5.32 Å². The highest BCUT2D eigenvalue weighted by Gasteiger charge is 2.08. The van der Waals surface area contributed by atoms with Gasteiger partial charge in [-0.2, -0.15) is 0 Å². The van der Waals surface area contributed by atoms with Gasteiger partial charge in [-0.05, 0) is 24.4 Å². The van der Waals surface area contributed by atoms with Crippen LogP contribution in [0.2, 0.25) is 0 Å². The summed E-state index contributed by atoms with van der Waals surface area (Å²) in [6.45, 7) is 2.89. The molecule has 2 heterocycles. The molecule has 2 aromatic heterocycles. The van der Waals surface area contributed by atoms with Crippen LogP contribution in [0.1, 0.15) is 33.1 Å². The zero-order valence-corrected chi connectivity index (χ0v) is 11.1. The maximum absolute atomic E-state index is 10.9. The first kappa shape index (κ1) is 12.3. The fourth-order valence-electron chi connectivity index (χ4n) is 1.49. The molecule has 2 aromatic rings. The van der Waals surface area contributed by atoms with E-state index in [0.717, 1.165) is 11.4 Å². The first-order valence-corrected chi connectivity index (χ1v) is 7.06. The van der Waals surface area contributed by atoms with Gasteiger partial charge in [0.15, 0.2) is 0 Å². The first-order valence-electron chi connectivity index (χ1n) is 5.31. The summed E-state index contributed by atoms with van der Waals surface area (Å²) in [6.07, 6.45) is 0. The van der Waals surface area contributed by atoms with E-state index in [4.69, 9.17) is 5.73 Å². The second-order valence-corrected chi connectivity index (χ2v) is 5.76. The molecule has 0 aliphatic heterocycles. The summed E-state index contributed by atoms with van der Waals surface area (Å²) in [5.74, 6) is -0.362. The Morgan fingerprint density at radius 1 is 1.53 bits per heavy atom. The number of amides is 1. The summed E-state index contributed by atoms with van der Waals surface area (Å²) in [5.41, 5.74) is 5.80. The highest BCUT2D eigenvalue weighted by molar-refractivity contribution is 7.10. The minimum Gasteiger partial charge on any atom is -0.366 e. The molecule has 0 saturated heterocycles. The largest absolute Gasteiger partial charge is 0.366 e. The lowest BCUT2D eigenvalue weighted by atomic mass is 10.2. The fraction of sp³-hybridized carbons (Fsp3) is 0.250. The third-order valence-corrected chi connectivity index (χ3v) is 4.48. The monoisotopic (exact) mass is 266 g/mol. The lowest BCUT2D eigenvalue weighted by Gasteiger charge is -2.10. The van der Waals surface area contributed by atoms with Crippen LogP contribution in [0, 0.1) is 0 Å². The molecule has 3 N–H and O–H groups in total. The molecule has 0 saturated carbocycles. The Kier molecular flexibility index (Phi) is 3.93. The number of nitrogens with two attached hydrogens (primary N) is 1. The highest BCUT2D eigenvalue weighted by Crippen LogP contribution is 2.20. The molecule has 1 atom stereocenters. The third kappa shape index (κ3) is 3.15. The Morgan fingerprint density at radius 3 is 2.94 bits per heavy atom. The predicted molar refractivity (Wildman–Crippen MR) is 72.4 cm³/mol. The number of carbonyl (C=O) groups is 1. The van der Waals surface area contributed by atoms with Crippen LogP contribution in [0.5, 0.6) is 0 Å². The summed E-state index contributed by atoms with van der Waals surface area (Å²) in [7, 11) is 0. The average Bonchev–Trinajstić information content (AvgIpc) is 2.97. The lowest BCUT2D eigenvalue weighted by molar-refractivity contribution is 0.100. The van der Waals surface area contributed by atoms with Crippen molar-refractivity contribution >= 4 is 28.6 Å². The molecule has 90 valence electrons. The van der Waals surface area contributed by atoms with Crippen LogP contribution in [0.25, 0.3) is 0 Å². The Labute approximate surface area is 108 Å². The Balaban J connectivity index is 1.91. The summed E-state index contributed by atoms with van der Waals surface area (Å²) >= 11 is 3.30. The van der Waals surface area contributed by atoms with Crippen molar-refractivity contribution < 1.29 is 4.79 Å². The molecule has 17 heavy (non-hydrogen) atoms. The van der Waals surface area contributed by atoms with Crippen LogP contribution in [0.4, 0.5) is 0 Å². The SMILES string of the molecule is C[C@H](NCc1cc(C(N)=O)cs1)c1cccs1. The number of carbonyl (C=O) groups excluding carboxylic acids is 1. The van der Waals surface area contributed by atoms with E-state index in [1.807, 2.05) is 6.07 Å². The van der Waals surface area contributed by atoms with E-state index in [1.54, 1.807) is 28.1 Å². The zero-order valence-electron chi connectivity index (χ0n) is 9.47. The van der Waals surface area contributed by atoms with E-state index < -0.39 is 0 Å². The predicted octanol–water partition coefficient (Wildman–Crippen LogP) is 2.76. The van der Waals surface area contributed by atoms with Crippen LogP contribution in [-0.4, -0.2) is 5.91 Å². The zero-order chi connectivity index (χ0) is 12.3. The molecule has 2 rings (SSSR count). The summed E-state index contributed by atoms with van der Waals surface area (Å²) in [5, 5.41) is 7.30. The van der Waals surface area contributed by atoms with Gasteiger partial charge < -0.3 is 11.1 Å². The fourth-order valence-corrected chi connectivity index (χ4v) is 3.08. The molecule has 1 amide bonds. The van der Waals surface area contributed by atoms with Gasteiger partial charge in [-0.25, -0.2) is 0 Å². The number of nitrogens with one attached hydrogen (secondary N) is 1. The van der Waals surface area contributed by atoms with Gasteiger partial charge in [0, 0.05) is 27.7 Å². The Bertz CT molecular complexity index is 490. The molecule has 0 fully saturated rings. The third-order valence-electron chi connectivity index (χ3n) is 2.49. The first-order chi connectivity index (χ1) is 8.16. The van der Waals surface area contributed by atoms with Crippen LogP contribution in [-0.2, 0) is 6.54 Å². The molecule has 5 heteroatoms. The van der Waals surface area contributed by atoms with Gasteiger partial charge in [0.1, 0.15) is 0 Å². The van der Waals surface area contributed by atoms with Gasteiger partial charge in [0.05, 0.1) is 5.56 Å². The summed E-state index contributed by atoms with van der Waals surface area (Å²) < 4.78 is 0. The molecule has 0 bridgehead atoms. The second-order valence-electron chi connectivity index (χ2n) is 3.78. The van der Waals surface area contributed by atoms with Crippen molar-refractivity contribution in [2.75, 3.05) is 0 Å². The maximum atomic E-state index is 10.9. The van der Waals surface area contributed by atoms with E-state index in [2.05, 4.69) is 29.8 Å². The van der Waals surface area contributed by atoms with E-state index in [9.17, 15) is 4.79 Å². The normalized spacial score (nSPS) is 12.5. The van der Waals surface area contributed by atoms with Crippen molar-refractivity contribution in [3.05, 3.63) is 44.3 Å².